The van der Waals surface area contributed by atoms with Gasteiger partial charge >= 0.3 is 0 Å². The molecule has 0 aromatic heterocycles. The summed E-state index contributed by atoms with van der Waals surface area (Å²) in [6.45, 7) is 0. The maximum atomic E-state index is 8.30. The minimum Gasteiger partial charge on any atom is -0.409 e. The molecule has 0 saturated carbocycles. The number of benzene rings is 1. The molecule has 0 aliphatic rings. The summed E-state index contributed by atoms with van der Waals surface area (Å²) in [5.41, 5.74) is 12.0. The van der Waals surface area contributed by atoms with Gasteiger partial charge in [0.25, 0.3) is 0 Å². The van der Waals surface area contributed by atoms with Gasteiger partial charge in [0.15, 0.2) is 5.84 Å². The second-order valence-corrected chi connectivity index (χ2v) is 2.11. The lowest BCUT2D eigenvalue weighted by Crippen LogP contribution is -2.12. The zero-order valence-electron chi connectivity index (χ0n) is 5.86. The van der Waals surface area contributed by atoms with Crippen LogP contribution in [0.25, 0.3) is 0 Å². The zero-order chi connectivity index (χ0) is 8.27. The number of nitrogen functional groups attached to an aromatic ring is 1. The molecule has 0 radical (unpaired) electrons. The summed E-state index contributed by atoms with van der Waals surface area (Å²) in [6.07, 6.45) is 0. The van der Waals surface area contributed by atoms with Crippen LogP contribution >= 0.6 is 0 Å². The molecule has 1 rings (SSSR count). The number of nitrogens with two attached hydrogens (primary N) is 2. The van der Waals surface area contributed by atoms with Crippen LogP contribution in [0, 0.1) is 0 Å². The van der Waals surface area contributed by atoms with Gasteiger partial charge in [-0.2, -0.15) is 0 Å². The molecule has 5 N–H and O–H groups in total. The predicted octanol–water partition coefficient (Wildman–Crippen LogP) is 0.363. The first-order valence-electron chi connectivity index (χ1n) is 3.07. The number of nitrogens with zero attached hydrogens (tertiary/aromatic N) is 1. The molecule has 0 atom stereocenters. The Kier molecular flexibility index (Phi) is 1.96. The highest BCUT2D eigenvalue weighted by Crippen LogP contribution is 2.05. The Labute approximate surface area is 64.1 Å². The molecule has 0 saturated heterocycles. The van der Waals surface area contributed by atoms with Crippen LogP contribution in [0.15, 0.2) is 29.4 Å². The van der Waals surface area contributed by atoms with Crippen LogP contribution in [-0.4, -0.2) is 11.0 Å². The number of hydrogen-bond donors (Lipinski definition) is 3. The smallest absolute Gasteiger partial charge is 0.170 e. The minimum absolute atomic E-state index is 0.0669. The Morgan fingerprint density at radius 1 is 1.45 bits per heavy atom. The molecule has 0 bridgehead atoms. The largest absolute Gasteiger partial charge is 0.409 e. The van der Waals surface area contributed by atoms with Crippen molar-refractivity contribution >= 4 is 11.5 Å². The van der Waals surface area contributed by atoms with Crippen LogP contribution in [0.1, 0.15) is 5.56 Å². The summed E-state index contributed by atoms with van der Waals surface area (Å²) in [5, 5.41) is 11.1. The third-order valence-electron chi connectivity index (χ3n) is 1.29. The maximum absolute atomic E-state index is 8.30. The van der Waals surface area contributed by atoms with Gasteiger partial charge in [-0.3, -0.25) is 0 Å². The van der Waals surface area contributed by atoms with Gasteiger partial charge in [0, 0.05) is 11.3 Å². The monoisotopic (exact) mass is 151 g/mol. The maximum Gasteiger partial charge on any atom is 0.170 e. The van der Waals surface area contributed by atoms with Crippen molar-refractivity contribution in [1.29, 1.82) is 0 Å². The van der Waals surface area contributed by atoms with Gasteiger partial charge in [0.05, 0.1) is 0 Å². The first kappa shape index (κ1) is 7.40. The van der Waals surface area contributed by atoms with Gasteiger partial charge in [-0.15, -0.1) is 0 Å². The number of oxime groups is 1. The molecular weight excluding hydrogens is 142 g/mol. The van der Waals surface area contributed by atoms with E-state index in [1.807, 2.05) is 0 Å². The Balaban J connectivity index is 3.06. The molecule has 0 fully saturated rings. The van der Waals surface area contributed by atoms with E-state index in [0.29, 0.717) is 11.3 Å². The molecule has 0 aliphatic heterocycles. The number of hydrogen-bond acceptors (Lipinski definition) is 3. The highest BCUT2D eigenvalue weighted by atomic mass is 16.4. The molecule has 58 valence electrons. The average Bonchev–Trinajstić information content (AvgIpc) is 2.03. The molecular formula is C7H9N3O. The van der Waals surface area contributed by atoms with Gasteiger partial charge in [0.2, 0.25) is 0 Å². The van der Waals surface area contributed by atoms with Crippen LogP contribution in [-0.2, 0) is 0 Å². The van der Waals surface area contributed by atoms with E-state index in [-0.39, 0.29) is 5.84 Å². The quantitative estimate of drug-likeness (QED) is 0.178. The lowest BCUT2D eigenvalue weighted by Gasteiger charge is -1.98. The lowest BCUT2D eigenvalue weighted by molar-refractivity contribution is 0.318. The lowest BCUT2D eigenvalue weighted by atomic mass is 10.2. The van der Waals surface area contributed by atoms with Crippen molar-refractivity contribution in [2.75, 3.05) is 5.73 Å². The fraction of sp³-hybridized carbons (Fsp3) is 0. The topological polar surface area (TPSA) is 84.6 Å². The van der Waals surface area contributed by atoms with Gasteiger partial charge in [-0.05, 0) is 12.1 Å². The summed E-state index contributed by atoms with van der Waals surface area (Å²) < 4.78 is 0. The molecule has 0 amide bonds. The SMILES string of the molecule is N/C(=N\O)c1cccc(N)c1. The third kappa shape index (κ3) is 1.61. The van der Waals surface area contributed by atoms with E-state index in [1.54, 1.807) is 24.3 Å². The van der Waals surface area contributed by atoms with Crippen molar-refractivity contribution in [1.82, 2.24) is 0 Å². The van der Waals surface area contributed by atoms with Crippen molar-refractivity contribution in [3.63, 3.8) is 0 Å². The van der Waals surface area contributed by atoms with Crippen LogP contribution in [0.4, 0.5) is 5.69 Å². The molecule has 0 heterocycles. The molecule has 0 unspecified atom stereocenters. The zero-order valence-corrected chi connectivity index (χ0v) is 5.86. The molecule has 0 aliphatic carbocycles. The first-order chi connectivity index (χ1) is 5.24. The summed E-state index contributed by atoms with van der Waals surface area (Å²) >= 11 is 0. The Morgan fingerprint density at radius 2 is 2.18 bits per heavy atom. The Bertz CT molecular complexity index is 283. The van der Waals surface area contributed by atoms with Crippen LogP contribution in [0.3, 0.4) is 0 Å². The highest BCUT2D eigenvalue weighted by molar-refractivity contribution is 5.97. The number of anilines is 1. The second-order valence-electron chi connectivity index (χ2n) is 2.11. The van der Waals surface area contributed by atoms with Crippen molar-refractivity contribution in [3.05, 3.63) is 29.8 Å². The Morgan fingerprint density at radius 3 is 2.73 bits per heavy atom. The average molecular weight is 151 g/mol. The van der Waals surface area contributed by atoms with Gasteiger partial charge in [-0.1, -0.05) is 17.3 Å². The van der Waals surface area contributed by atoms with E-state index in [2.05, 4.69) is 5.16 Å². The van der Waals surface area contributed by atoms with Crippen molar-refractivity contribution in [2.24, 2.45) is 10.9 Å². The van der Waals surface area contributed by atoms with Crippen molar-refractivity contribution in [2.45, 2.75) is 0 Å². The Hall–Kier alpha value is -1.71. The second kappa shape index (κ2) is 2.92. The highest BCUT2D eigenvalue weighted by Gasteiger charge is 1.96. The predicted molar refractivity (Wildman–Crippen MR) is 43.4 cm³/mol. The van der Waals surface area contributed by atoms with Gasteiger partial charge in [-0.25, -0.2) is 0 Å². The van der Waals surface area contributed by atoms with E-state index < -0.39 is 0 Å². The summed E-state index contributed by atoms with van der Waals surface area (Å²) in [7, 11) is 0. The van der Waals surface area contributed by atoms with Crippen LogP contribution in [0.2, 0.25) is 0 Å². The fourth-order valence-corrected chi connectivity index (χ4v) is 0.756. The normalized spacial score (nSPS) is 11.5. The number of amidine groups is 1. The first-order valence-corrected chi connectivity index (χ1v) is 3.07. The standard InChI is InChI=1S/C7H9N3O/c8-6-3-1-2-5(4-6)7(9)10-11/h1-4,11H,8H2,(H2,9,10). The summed E-state index contributed by atoms with van der Waals surface area (Å²) in [4.78, 5) is 0. The minimum atomic E-state index is 0.0669. The van der Waals surface area contributed by atoms with E-state index in [0.717, 1.165) is 0 Å². The number of rotatable bonds is 1. The summed E-state index contributed by atoms with van der Waals surface area (Å²) in [6, 6.07) is 6.82. The van der Waals surface area contributed by atoms with E-state index in [4.69, 9.17) is 16.7 Å². The van der Waals surface area contributed by atoms with Crippen LogP contribution in [0.5, 0.6) is 0 Å². The molecule has 0 spiro atoms. The van der Waals surface area contributed by atoms with Gasteiger partial charge in [0.1, 0.15) is 0 Å². The van der Waals surface area contributed by atoms with Crippen molar-refractivity contribution in [3.8, 4) is 0 Å². The van der Waals surface area contributed by atoms with E-state index in [1.165, 1.54) is 0 Å². The van der Waals surface area contributed by atoms with E-state index in [9.17, 15) is 0 Å². The van der Waals surface area contributed by atoms with Crippen molar-refractivity contribution < 1.29 is 5.21 Å². The molecule has 11 heavy (non-hydrogen) atoms. The third-order valence-corrected chi connectivity index (χ3v) is 1.29. The summed E-state index contributed by atoms with van der Waals surface area (Å²) in [5.74, 6) is 0.0669. The molecule has 1 aromatic carbocycles. The van der Waals surface area contributed by atoms with Gasteiger partial charge < -0.3 is 16.7 Å². The van der Waals surface area contributed by atoms with E-state index >= 15 is 0 Å². The molecule has 4 nitrogen and oxygen atoms in total. The van der Waals surface area contributed by atoms with Crippen LogP contribution < -0.4 is 11.5 Å². The fourth-order valence-electron chi connectivity index (χ4n) is 0.756. The molecule has 4 heteroatoms. The molecule has 1 aromatic rings.